The van der Waals surface area contributed by atoms with Gasteiger partial charge in [-0.1, -0.05) is 18.1 Å². The lowest BCUT2D eigenvalue weighted by Crippen LogP contribution is -2.41. The quantitative estimate of drug-likeness (QED) is 0.829. The second-order valence-electron chi connectivity index (χ2n) is 8.05. The number of aryl methyl sites for hydroxylation is 2. The molecule has 1 amide bonds. The zero-order valence-corrected chi connectivity index (χ0v) is 16.3. The molecule has 27 heavy (non-hydrogen) atoms. The Kier molecular flexibility index (Phi) is 5.18. The lowest BCUT2D eigenvalue weighted by Gasteiger charge is -2.32. The normalized spacial score (nSPS) is 21.0. The van der Waals surface area contributed by atoms with Gasteiger partial charge in [0, 0.05) is 37.4 Å². The van der Waals surface area contributed by atoms with Crippen LogP contribution in [0.2, 0.25) is 0 Å². The Morgan fingerprint density at radius 1 is 1.15 bits per heavy atom. The summed E-state index contributed by atoms with van der Waals surface area (Å²) in [5.41, 5.74) is 2.48. The molecule has 7 nitrogen and oxygen atoms in total. The molecule has 2 aromatic heterocycles. The summed E-state index contributed by atoms with van der Waals surface area (Å²) in [5.74, 6) is 1.66. The molecular formula is C20H28N6O. The minimum Gasteiger partial charge on any atom is -0.337 e. The van der Waals surface area contributed by atoms with Gasteiger partial charge in [0.1, 0.15) is 11.5 Å². The molecule has 144 valence electrons. The Hall–Kier alpha value is -2.31. The molecule has 1 unspecified atom stereocenters. The summed E-state index contributed by atoms with van der Waals surface area (Å²) in [6.45, 7) is 6.10. The summed E-state index contributed by atoms with van der Waals surface area (Å²) in [4.78, 5) is 23.4. The first-order chi connectivity index (χ1) is 13.1. The maximum absolute atomic E-state index is 12.9. The number of nitrogens with zero attached hydrogens (tertiary/aromatic N) is 6. The monoisotopic (exact) mass is 368 g/mol. The molecule has 1 saturated carbocycles. The van der Waals surface area contributed by atoms with Crippen LogP contribution in [0.15, 0.2) is 12.3 Å². The lowest BCUT2D eigenvalue weighted by molar-refractivity contribution is 0.0652. The highest BCUT2D eigenvalue weighted by atomic mass is 16.2. The number of likely N-dealkylation sites (tertiary alicyclic amines) is 1. The minimum atomic E-state index is 0.0125. The first-order valence-corrected chi connectivity index (χ1v) is 10.1. The predicted octanol–water partition coefficient (Wildman–Crippen LogP) is 2.89. The predicted molar refractivity (Wildman–Crippen MR) is 101 cm³/mol. The summed E-state index contributed by atoms with van der Waals surface area (Å²) < 4.78 is 1.98. The summed E-state index contributed by atoms with van der Waals surface area (Å²) >= 11 is 0. The Balaban J connectivity index is 1.40. The fraction of sp³-hybridized carbons (Fsp3) is 0.650. The standard InChI is InChI=1S/C20H28N6O/c1-14-10-18(22-15(2)21-14)20(27)25-9-5-6-16(11-25)12-26-13-19(23-24-26)17-7-3-4-8-17/h10,13,16-17H,3-9,11-12H2,1-2H3. The Morgan fingerprint density at radius 3 is 2.74 bits per heavy atom. The molecule has 2 aliphatic rings. The third-order valence-electron chi connectivity index (χ3n) is 5.77. The second-order valence-corrected chi connectivity index (χ2v) is 8.05. The van der Waals surface area contributed by atoms with Crippen LogP contribution in [0.1, 0.15) is 72.1 Å². The largest absolute Gasteiger partial charge is 0.337 e. The van der Waals surface area contributed by atoms with Crippen LogP contribution in [0.3, 0.4) is 0 Å². The number of amides is 1. The molecule has 0 N–H and O–H groups in total. The second kappa shape index (κ2) is 7.74. The number of carbonyl (C=O) groups excluding carboxylic acids is 1. The number of hydrogen-bond acceptors (Lipinski definition) is 5. The van der Waals surface area contributed by atoms with Crippen LogP contribution in [0, 0.1) is 19.8 Å². The van der Waals surface area contributed by atoms with Crippen molar-refractivity contribution in [3.8, 4) is 0 Å². The molecule has 0 bridgehead atoms. The average Bonchev–Trinajstić information content (AvgIpc) is 3.32. The molecule has 0 aromatic carbocycles. The van der Waals surface area contributed by atoms with E-state index in [1.807, 2.05) is 23.4 Å². The van der Waals surface area contributed by atoms with Crippen LogP contribution in [-0.4, -0.2) is 48.9 Å². The Bertz CT molecular complexity index is 790. The van der Waals surface area contributed by atoms with E-state index >= 15 is 0 Å². The van der Waals surface area contributed by atoms with E-state index in [9.17, 15) is 4.79 Å². The summed E-state index contributed by atoms with van der Waals surface area (Å²) in [6.07, 6.45) is 9.34. The van der Waals surface area contributed by atoms with Crippen molar-refractivity contribution in [2.75, 3.05) is 13.1 Å². The number of carbonyl (C=O) groups is 1. The first-order valence-electron chi connectivity index (χ1n) is 10.1. The Morgan fingerprint density at radius 2 is 1.96 bits per heavy atom. The first kappa shape index (κ1) is 18.1. The molecular weight excluding hydrogens is 340 g/mol. The van der Waals surface area contributed by atoms with E-state index in [1.165, 1.54) is 25.7 Å². The van der Waals surface area contributed by atoms with Crippen molar-refractivity contribution in [1.29, 1.82) is 0 Å². The maximum Gasteiger partial charge on any atom is 0.272 e. The van der Waals surface area contributed by atoms with Gasteiger partial charge in [-0.15, -0.1) is 5.10 Å². The van der Waals surface area contributed by atoms with Gasteiger partial charge in [0.05, 0.1) is 5.69 Å². The van der Waals surface area contributed by atoms with Gasteiger partial charge in [-0.25, -0.2) is 9.97 Å². The maximum atomic E-state index is 12.9. The summed E-state index contributed by atoms with van der Waals surface area (Å²) in [5, 5.41) is 8.75. The van der Waals surface area contributed by atoms with Gasteiger partial charge in [0.15, 0.2) is 0 Å². The van der Waals surface area contributed by atoms with Gasteiger partial charge in [0.2, 0.25) is 0 Å². The van der Waals surface area contributed by atoms with Crippen molar-refractivity contribution >= 4 is 5.91 Å². The molecule has 4 rings (SSSR count). The minimum absolute atomic E-state index is 0.0125. The molecule has 3 heterocycles. The van der Waals surface area contributed by atoms with Crippen molar-refractivity contribution in [3.63, 3.8) is 0 Å². The van der Waals surface area contributed by atoms with Gasteiger partial charge in [-0.2, -0.15) is 0 Å². The molecule has 1 aliphatic carbocycles. The molecule has 1 atom stereocenters. The van der Waals surface area contributed by atoms with Crippen molar-refractivity contribution in [3.05, 3.63) is 35.2 Å². The molecule has 0 radical (unpaired) electrons. The smallest absolute Gasteiger partial charge is 0.272 e. The van der Waals surface area contributed by atoms with Crippen LogP contribution < -0.4 is 0 Å². The van der Waals surface area contributed by atoms with Gasteiger partial charge >= 0.3 is 0 Å². The van der Waals surface area contributed by atoms with E-state index in [4.69, 9.17) is 0 Å². The average molecular weight is 368 g/mol. The van der Waals surface area contributed by atoms with E-state index in [0.29, 0.717) is 23.4 Å². The highest BCUT2D eigenvalue weighted by Gasteiger charge is 2.27. The Labute approximate surface area is 160 Å². The highest BCUT2D eigenvalue weighted by Crippen LogP contribution is 2.32. The molecule has 7 heteroatoms. The number of aromatic nitrogens is 5. The fourth-order valence-electron chi connectivity index (χ4n) is 4.46. The van der Waals surface area contributed by atoms with Gasteiger partial charge < -0.3 is 4.90 Å². The highest BCUT2D eigenvalue weighted by molar-refractivity contribution is 5.92. The summed E-state index contributed by atoms with van der Waals surface area (Å²) in [7, 11) is 0. The van der Waals surface area contributed by atoms with Gasteiger partial charge in [0.25, 0.3) is 5.91 Å². The van der Waals surface area contributed by atoms with Crippen LogP contribution in [0.4, 0.5) is 0 Å². The van der Waals surface area contributed by atoms with Gasteiger partial charge in [-0.05, 0) is 51.5 Å². The molecule has 2 fully saturated rings. The van der Waals surface area contributed by atoms with Crippen molar-refractivity contribution in [1.82, 2.24) is 29.9 Å². The zero-order valence-electron chi connectivity index (χ0n) is 16.3. The number of rotatable bonds is 4. The molecule has 0 spiro atoms. The van der Waals surface area contributed by atoms with E-state index in [-0.39, 0.29) is 5.91 Å². The van der Waals surface area contributed by atoms with E-state index in [1.54, 1.807) is 6.07 Å². The van der Waals surface area contributed by atoms with Crippen molar-refractivity contribution in [2.24, 2.45) is 5.92 Å². The molecule has 2 aromatic rings. The van der Waals surface area contributed by atoms with Crippen LogP contribution >= 0.6 is 0 Å². The van der Waals surface area contributed by atoms with Crippen molar-refractivity contribution < 1.29 is 4.79 Å². The third kappa shape index (κ3) is 4.17. The summed E-state index contributed by atoms with van der Waals surface area (Å²) in [6, 6.07) is 1.78. The number of piperidine rings is 1. The zero-order chi connectivity index (χ0) is 18.8. The molecule has 1 saturated heterocycles. The van der Waals surface area contributed by atoms with Crippen LogP contribution in [0.25, 0.3) is 0 Å². The van der Waals surface area contributed by atoms with E-state index < -0.39 is 0 Å². The number of hydrogen-bond donors (Lipinski definition) is 0. The third-order valence-corrected chi connectivity index (χ3v) is 5.77. The van der Waals surface area contributed by atoms with E-state index in [2.05, 4.69) is 26.5 Å². The SMILES string of the molecule is Cc1cc(C(=O)N2CCCC(Cn3cc(C4CCCC4)nn3)C2)nc(C)n1. The van der Waals surface area contributed by atoms with Crippen LogP contribution in [-0.2, 0) is 6.54 Å². The molecule has 1 aliphatic heterocycles. The fourth-order valence-corrected chi connectivity index (χ4v) is 4.46. The lowest BCUT2D eigenvalue weighted by atomic mass is 9.97. The topological polar surface area (TPSA) is 76.8 Å². The van der Waals surface area contributed by atoms with E-state index in [0.717, 1.165) is 43.9 Å². The van der Waals surface area contributed by atoms with Gasteiger partial charge in [-0.3, -0.25) is 9.48 Å². The van der Waals surface area contributed by atoms with Crippen LogP contribution in [0.5, 0.6) is 0 Å². The van der Waals surface area contributed by atoms with Crippen molar-refractivity contribution in [2.45, 2.75) is 64.8 Å².